The fourth-order valence-corrected chi connectivity index (χ4v) is 2.73. The molecule has 1 aliphatic carbocycles. The third-order valence-corrected chi connectivity index (χ3v) is 3.59. The number of pyridine rings is 1. The van der Waals surface area contributed by atoms with Gasteiger partial charge in [-0.15, -0.1) is 0 Å². The van der Waals surface area contributed by atoms with E-state index >= 15 is 0 Å². The fraction of sp³-hybridized carbons (Fsp3) is 0.133. The first-order valence-electron chi connectivity index (χ1n) is 6.05. The van der Waals surface area contributed by atoms with Gasteiger partial charge in [0.05, 0.1) is 5.70 Å². The topological polar surface area (TPSA) is 37.6 Å². The molecular formula is C15H11N3. The van der Waals surface area contributed by atoms with Gasteiger partial charge in [-0.1, -0.05) is 24.3 Å². The first-order chi connectivity index (χ1) is 8.93. The van der Waals surface area contributed by atoms with E-state index in [9.17, 15) is 0 Å². The maximum Gasteiger partial charge on any atom is 0.120 e. The van der Waals surface area contributed by atoms with Crippen LogP contribution in [0, 0.1) is 0 Å². The first kappa shape index (κ1) is 9.71. The van der Waals surface area contributed by atoms with E-state index in [4.69, 9.17) is 0 Å². The van der Waals surface area contributed by atoms with Crippen LogP contribution in [-0.2, 0) is 6.42 Å². The molecule has 2 heterocycles. The van der Waals surface area contributed by atoms with Crippen LogP contribution >= 0.6 is 0 Å². The van der Waals surface area contributed by atoms with Crippen LogP contribution in [0.15, 0.2) is 64.6 Å². The predicted octanol–water partition coefficient (Wildman–Crippen LogP) is 3.56. The molecule has 2 aromatic rings. The molecule has 1 aromatic heterocycles. The van der Waals surface area contributed by atoms with Crippen molar-refractivity contribution in [2.45, 2.75) is 12.5 Å². The standard InChI is InChI=1S/C15H11N3/c1-2-4-12-11(3-1)9-13-14(17-18-15(12)13)10-5-7-16-8-6-10/h1-8,15H,9H2. The molecule has 3 nitrogen and oxygen atoms in total. The van der Waals surface area contributed by atoms with E-state index in [0.717, 1.165) is 17.7 Å². The summed E-state index contributed by atoms with van der Waals surface area (Å²) in [6, 6.07) is 12.6. The van der Waals surface area contributed by atoms with Crippen molar-refractivity contribution in [3.8, 4) is 0 Å². The van der Waals surface area contributed by atoms with E-state index < -0.39 is 0 Å². The number of aromatic nitrogens is 1. The van der Waals surface area contributed by atoms with E-state index in [1.807, 2.05) is 12.1 Å². The number of nitrogens with zero attached hydrogens (tertiary/aromatic N) is 3. The Labute approximate surface area is 105 Å². The minimum absolute atomic E-state index is 0.143. The molecule has 1 aliphatic heterocycles. The minimum Gasteiger partial charge on any atom is -0.265 e. The van der Waals surface area contributed by atoms with E-state index in [1.165, 1.54) is 16.7 Å². The molecule has 1 aromatic carbocycles. The molecule has 0 N–H and O–H groups in total. The number of azo groups is 1. The van der Waals surface area contributed by atoms with Gasteiger partial charge < -0.3 is 0 Å². The lowest BCUT2D eigenvalue weighted by Gasteiger charge is -2.02. The zero-order chi connectivity index (χ0) is 11.9. The smallest absolute Gasteiger partial charge is 0.120 e. The zero-order valence-corrected chi connectivity index (χ0v) is 9.74. The lowest BCUT2D eigenvalue weighted by atomic mass is 10.0. The Morgan fingerprint density at radius 2 is 1.83 bits per heavy atom. The highest BCUT2D eigenvalue weighted by Gasteiger charge is 2.33. The van der Waals surface area contributed by atoms with Crippen LogP contribution in [0.25, 0.3) is 5.70 Å². The molecule has 0 saturated heterocycles. The molecule has 0 radical (unpaired) electrons. The molecule has 2 aliphatic rings. The normalized spacial score (nSPS) is 20.1. The Morgan fingerprint density at radius 3 is 2.72 bits per heavy atom. The number of fused-ring (bicyclic) bond motifs is 3. The Balaban J connectivity index is 1.86. The van der Waals surface area contributed by atoms with Crippen LogP contribution < -0.4 is 0 Å². The number of benzene rings is 1. The van der Waals surface area contributed by atoms with Crippen molar-refractivity contribution in [1.82, 2.24) is 4.98 Å². The second-order valence-corrected chi connectivity index (χ2v) is 4.60. The van der Waals surface area contributed by atoms with Gasteiger partial charge in [-0.05, 0) is 35.3 Å². The highest BCUT2D eigenvalue weighted by molar-refractivity contribution is 5.73. The fourth-order valence-electron chi connectivity index (χ4n) is 2.73. The molecule has 0 spiro atoms. The Morgan fingerprint density at radius 1 is 1.00 bits per heavy atom. The molecule has 0 bridgehead atoms. The summed E-state index contributed by atoms with van der Waals surface area (Å²) < 4.78 is 0. The van der Waals surface area contributed by atoms with Gasteiger partial charge in [0.2, 0.25) is 0 Å². The van der Waals surface area contributed by atoms with Crippen LogP contribution in [0.2, 0.25) is 0 Å². The monoisotopic (exact) mass is 233 g/mol. The molecule has 4 rings (SSSR count). The van der Waals surface area contributed by atoms with Crippen molar-refractivity contribution < 1.29 is 0 Å². The highest BCUT2D eigenvalue weighted by atomic mass is 15.2. The maximum absolute atomic E-state index is 4.43. The van der Waals surface area contributed by atoms with Crippen LogP contribution in [0.1, 0.15) is 22.7 Å². The average molecular weight is 233 g/mol. The van der Waals surface area contributed by atoms with Crippen molar-refractivity contribution in [2.24, 2.45) is 10.2 Å². The van der Waals surface area contributed by atoms with E-state index in [1.54, 1.807) is 12.4 Å². The van der Waals surface area contributed by atoms with Gasteiger partial charge in [0.1, 0.15) is 6.04 Å². The second-order valence-electron chi connectivity index (χ2n) is 4.60. The summed E-state index contributed by atoms with van der Waals surface area (Å²) in [6.07, 6.45) is 4.56. The largest absolute Gasteiger partial charge is 0.265 e. The summed E-state index contributed by atoms with van der Waals surface area (Å²) in [5.41, 5.74) is 6.14. The number of rotatable bonds is 1. The van der Waals surface area contributed by atoms with E-state index in [2.05, 4.69) is 39.5 Å². The molecule has 0 fully saturated rings. The molecule has 86 valence electrons. The molecule has 1 unspecified atom stereocenters. The summed E-state index contributed by atoms with van der Waals surface area (Å²) >= 11 is 0. The van der Waals surface area contributed by atoms with Crippen molar-refractivity contribution in [1.29, 1.82) is 0 Å². The maximum atomic E-state index is 4.43. The Kier molecular flexibility index (Phi) is 1.94. The third kappa shape index (κ3) is 1.27. The molecule has 18 heavy (non-hydrogen) atoms. The summed E-state index contributed by atoms with van der Waals surface area (Å²) in [4.78, 5) is 4.05. The van der Waals surface area contributed by atoms with Gasteiger partial charge in [0.15, 0.2) is 0 Å². The van der Waals surface area contributed by atoms with Gasteiger partial charge in [0.25, 0.3) is 0 Å². The van der Waals surface area contributed by atoms with Gasteiger partial charge in [-0.2, -0.15) is 10.2 Å². The van der Waals surface area contributed by atoms with Crippen LogP contribution in [0.3, 0.4) is 0 Å². The van der Waals surface area contributed by atoms with Crippen molar-refractivity contribution in [3.05, 3.63) is 71.1 Å². The number of hydrogen-bond donors (Lipinski definition) is 0. The van der Waals surface area contributed by atoms with Gasteiger partial charge in [-0.25, -0.2) is 0 Å². The van der Waals surface area contributed by atoms with Crippen LogP contribution in [0.5, 0.6) is 0 Å². The average Bonchev–Trinajstić information content (AvgIpc) is 2.98. The van der Waals surface area contributed by atoms with Gasteiger partial charge in [-0.3, -0.25) is 4.98 Å². The van der Waals surface area contributed by atoms with Gasteiger partial charge in [0, 0.05) is 18.0 Å². The third-order valence-electron chi connectivity index (χ3n) is 3.59. The molecule has 0 saturated carbocycles. The van der Waals surface area contributed by atoms with Crippen molar-refractivity contribution >= 4 is 5.70 Å². The molecule has 3 heteroatoms. The summed E-state index contributed by atoms with van der Waals surface area (Å²) in [7, 11) is 0. The molecule has 0 amide bonds. The van der Waals surface area contributed by atoms with Crippen LogP contribution in [-0.4, -0.2) is 4.98 Å². The predicted molar refractivity (Wildman–Crippen MR) is 68.9 cm³/mol. The quantitative estimate of drug-likeness (QED) is 0.742. The molecular weight excluding hydrogens is 222 g/mol. The van der Waals surface area contributed by atoms with Crippen LogP contribution in [0.4, 0.5) is 0 Å². The summed E-state index contributed by atoms with van der Waals surface area (Å²) in [6.45, 7) is 0. The van der Waals surface area contributed by atoms with E-state index in [0.29, 0.717) is 0 Å². The highest BCUT2D eigenvalue weighted by Crippen LogP contribution is 2.46. The number of hydrogen-bond acceptors (Lipinski definition) is 3. The SMILES string of the molecule is c1ccc2c(c1)CC1=C(c3ccncc3)N=NC12. The van der Waals surface area contributed by atoms with E-state index in [-0.39, 0.29) is 6.04 Å². The lowest BCUT2D eigenvalue weighted by molar-refractivity contribution is 0.862. The van der Waals surface area contributed by atoms with Crippen molar-refractivity contribution in [3.63, 3.8) is 0 Å². The lowest BCUT2D eigenvalue weighted by Crippen LogP contribution is -1.90. The minimum atomic E-state index is 0.143. The summed E-state index contributed by atoms with van der Waals surface area (Å²) in [5, 5.41) is 8.79. The Hall–Kier alpha value is -2.29. The zero-order valence-electron chi connectivity index (χ0n) is 9.74. The second kappa shape index (κ2) is 3.60. The summed E-state index contributed by atoms with van der Waals surface area (Å²) in [5.74, 6) is 0. The van der Waals surface area contributed by atoms with Gasteiger partial charge >= 0.3 is 0 Å². The first-order valence-corrected chi connectivity index (χ1v) is 6.05. The molecule has 1 atom stereocenters. The van der Waals surface area contributed by atoms with Crippen molar-refractivity contribution in [2.75, 3.05) is 0 Å². The Bertz CT molecular complexity index is 671.